The van der Waals surface area contributed by atoms with E-state index in [4.69, 9.17) is 0 Å². The molecule has 118 valence electrons. The van der Waals surface area contributed by atoms with Gasteiger partial charge in [0.15, 0.2) is 0 Å². The Labute approximate surface area is 138 Å². The summed E-state index contributed by atoms with van der Waals surface area (Å²) >= 11 is 1.61. The summed E-state index contributed by atoms with van der Waals surface area (Å²) in [5.41, 5.74) is 1.34. The number of nitrogens with one attached hydrogen (secondary N) is 2. The number of thioether (sulfide) groups is 1. The fraction of sp³-hybridized carbons (Fsp3) is 0.562. The molecule has 1 heterocycles. The standard InChI is InChI=1S/C16H24N2OS.ClH/c1-12(2)13-5-7-15(8-6-13)20-11-16(19)18-14-4-3-9-17-10-14;/h5-8,12,14,17H,3-4,9-11H2,1-2H3,(H,18,19);1H/t14-;/m0./s1. The summed E-state index contributed by atoms with van der Waals surface area (Å²) in [4.78, 5) is 13.1. The summed E-state index contributed by atoms with van der Waals surface area (Å²) in [6.07, 6.45) is 2.24. The van der Waals surface area contributed by atoms with E-state index in [-0.39, 0.29) is 18.3 Å². The summed E-state index contributed by atoms with van der Waals surface area (Å²) in [5.74, 6) is 1.19. The molecular formula is C16H25ClN2OS. The highest BCUT2D eigenvalue weighted by atomic mass is 35.5. The van der Waals surface area contributed by atoms with Gasteiger partial charge in [-0.15, -0.1) is 24.2 Å². The van der Waals surface area contributed by atoms with Gasteiger partial charge in [-0.3, -0.25) is 4.79 Å². The summed E-state index contributed by atoms with van der Waals surface area (Å²) < 4.78 is 0. The molecule has 2 N–H and O–H groups in total. The smallest absolute Gasteiger partial charge is 0.230 e. The largest absolute Gasteiger partial charge is 0.351 e. The maximum Gasteiger partial charge on any atom is 0.230 e. The highest BCUT2D eigenvalue weighted by Gasteiger charge is 2.15. The van der Waals surface area contributed by atoms with Gasteiger partial charge in [0.25, 0.3) is 0 Å². The van der Waals surface area contributed by atoms with E-state index in [0.717, 1.165) is 30.8 Å². The molecular weight excluding hydrogens is 304 g/mol. The topological polar surface area (TPSA) is 41.1 Å². The number of amides is 1. The van der Waals surface area contributed by atoms with E-state index < -0.39 is 0 Å². The van der Waals surface area contributed by atoms with E-state index in [9.17, 15) is 4.79 Å². The summed E-state index contributed by atoms with van der Waals surface area (Å²) in [7, 11) is 0. The van der Waals surface area contributed by atoms with E-state index >= 15 is 0 Å². The quantitative estimate of drug-likeness (QED) is 0.816. The van der Waals surface area contributed by atoms with Crippen LogP contribution in [0.3, 0.4) is 0 Å². The van der Waals surface area contributed by atoms with Crippen molar-refractivity contribution < 1.29 is 4.79 Å². The van der Waals surface area contributed by atoms with Crippen LogP contribution in [-0.4, -0.2) is 30.8 Å². The third-order valence-electron chi connectivity index (χ3n) is 3.58. The van der Waals surface area contributed by atoms with Crippen LogP contribution in [0.2, 0.25) is 0 Å². The molecule has 0 unspecified atom stereocenters. The fourth-order valence-corrected chi connectivity index (χ4v) is 3.05. The number of benzene rings is 1. The van der Waals surface area contributed by atoms with Crippen LogP contribution in [0.15, 0.2) is 29.2 Å². The van der Waals surface area contributed by atoms with Crippen molar-refractivity contribution in [2.75, 3.05) is 18.8 Å². The van der Waals surface area contributed by atoms with Gasteiger partial charge in [0.1, 0.15) is 0 Å². The molecule has 2 rings (SSSR count). The van der Waals surface area contributed by atoms with E-state index in [1.807, 2.05) is 0 Å². The van der Waals surface area contributed by atoms with Gasteiger partial charge in [0, 0.05) is 17.5 Å². The van der Waals surface area contributed by atoms with Gasteiger partial charge in [-0.2, -0.15) is 0 Å². The molecule has 5 heteroatoms. The first-order valence-corrected chi connectivity index (χ1v) is 8.36. The zero-order chi connectivity index (χ0) is 14.4. The minimum Gasteiger partial charge on any atom is -0.351 e. The minimum absolute atomic E-state index is 0. The maximum absolute atomic E-state index is 11.9. The summed E-state index contributed by atoms with van der Waals surface area (Å²) in [6, 6.07) is 8.82. The van der Waals surface area contributed by atoms with Gasteiger partial charge >= 0.3 is 0 Å². The average molecular weight is 329 g/mol. The van der Waals surface area contributed by atoms with Crippen molar-refractivity contribution in [3.05, 3.63) is 29.8 Å². The Kier molecular flexibility index (Phi) is 8.15. The molecule has 1 amide bonds. The number of halogens is 1. The number of carbonyl (C=O) groups excluding carboxylic acids is 1. The first kappa shape index (κ1) is 18.3. The molecule has 0 spiro atoms. The molecule has 1 atom stereocenters. The lowest BCUT2D eigenvalue weighted by Gasteiger charge is -2.23. The summed E-state index contributed by atoms with van der Waals surface area (Å²) in [5, 5.41) is 6.41. The molecule has 0 bridgehead atoms. The second-order valence-corrected chi connectivity index (χ2v) is 6.67. The second-order valence-electron chi connectivity index (χ2n) is 5.62. The Morgan fingerprint density at radius 1 is 1.38 bits per heavy atom. The molecule has 0 aromatic heterocycles. The summed E-state index contributed by atoms with van der Waals surface area (Å²) in [6.45, 7) is 6.35. The van der Waals surface area contributed by atoms with Gasteiger partial charge < -0.3 is 10.6 Å². The number of hydrogen-bond donors (Lipinski definition) is 2. The first-order valence-electron chi connectivity index (χ1n) is 7.38. The molecule has 1 aliphatic rings. The lowest BCUT2D eigenvalue weighted by Crippen LogP contribution is -2.46. The molecule has 1 aliphatic heterocycles. The van der Waals surface area contributed by atoms with Gasteiger partial charge in [-0.05, 0) is 43.0 Å². The third-order valence-corrected chi connectivity index (χ3v) is 4.59. The predicted molar refractivity (Wildman–Crippen MR) is 92.5 cm³/mol. The molecule has 21 heavy (non-hydrogen) atoms. The normalized spacial score (nSPS) is 18.1. The van der Waals surface area contributed by atoms with Crippen molar-refractivity contribution in [1.82, 2.24) is 10.6 Å². The van der Waals surface area contributed by atoms with Crippen LogP contribution in [-0.2, 0) is 4.79 Å². The molecule has 1 aromatic carbocycles. The van der Waals surface area contributed by atoms with E-state index in [1.54, 1.807) is 11.8 Å². The highest BCUT2D eigenvalue weighted by molar-refractivity contribution is 8.00. The van der Waals surface area contributed by atoms with E-state index in [0.29, 0.717) is 17.7 Å². The molecule has 0 radical (unpaired) electrons. The Hall–Kier alpha value is -0.710. The maximum atomic E-state index is 11.9. The van der Waals surface area contributed by atoms with Crippen LogP contribution in [0.5, 0.6) is 0 Å². The molecule has 1 saturated heterocycles. The van der Waals surface area contributed by atoms with Crippen molar-refractivity contribution in [3.8, 4) is 0 Å². The Balaban J connectivity index is 0.00000220. The highest BCUT2D eigenvalue weighted by Crippen LogP contribution is 2.21. The van der Waals surface area contributed by atoms with E-state index in [2.05, 4.69) is 48.7 Å². The van der Waals surface area contributed by atoms with Gasteiger partial charge in [0.05, 0.1) is 5.75 Å². The van der Waals surface area contributed by atoms with Crippen LogP contribution >= 0.6 is 24.2 Å². The first-order chi connectivity index (χ1) is 9.65. The van der Waals surface area contributed by atoms with Crippen molar-refractivity contribution in [2.24, 2.45) is 0 Å². The van der Waals surface area contributed by atoms with Crippen molar-refractivity contribution >= 4 is 30.1 Å². The van der Waals surface area contributed by atoms with Crippen molar-refractivity contribution in [2.45, 2.75) is 43.5 Å². The van der Waals surface area contributed by atoms with Gasteiger partial charge in [0.2, 0.25) is 5.91 Å². The van der Waals surface area contributed by atoms with Crippen LogP contribution in [0.1, 0.15) is 38.2 Å². The molecule has 0 aliphatic carbocycles. The number of hydrogen-bond acceptors (Lipinski definition) is 3. The third kappa shape index (κ3) is 6.29. The van der Waals surface area contributed by atoms with Crippen molar-refractivity contribution in [1.29, 1.82) is 0 Å². The molecule has 0 saturated carbocycles. The number of piperidine rings is 1. The molecule has 3 nitrogen and oxygen atoms in total. The monoisotopic (exact) mass is 328 g/mol. The lowest BCUT2D eigenvalue weighted by molar-refractivity contribution is -0.119. The van der Waals surface area contributed by atoms with Gasteiger partial charge in [-0.25, -0.2) is 0 Å². The van der Waals surface area contributed by atoms with Crippen LogP contribution in [0.25, 0.3) is 0 Å². The van der Waals surface area contributed by atoms with Crippen LogP contribution in [0.4, 0.5) is 0 Å². The minimum atomic E-state index is 0. The molecule has 1 aromatic rings. The van der Waals surface area contributed by atoms with E-state index in [1.165, 1.54) is 5.56 Å². The van der Waals surface area contributed by atoms with Crippen LogP contribution < -0.4 is 10.6 Å². The predicted octanol–water partition coefficient (Wildman–Crippen LogP) is 3.19. The SMILES string of the molecule is CC(C)c1ccc(SCC(=O)N[C@H]2CCCNC2)cc1.Cl. The Morgan fingerprint density at radius 3 is 2.67 bits per heavy atom. The van der Waals surface area contributed by atoms with Gasteiger partial charge in [-0.1, -0.05) is 26.0 Å². The zero-order valence-corrected chi connectivity index (χ0v) is 14.4. The lowest BCUT2D eigenvalue weighted by atomic mass is 10.0. The Morgan fingerprint density at radius 2 is 2.10 bits per heavy atom. The second kappa shape index (κ2) is 9.34. The van der Waals surface area contributed by atoms with Crippen molar-refractivity contribution in [3.63, 3.8) is 0 Å². The van der Waals surface area contributed by atoms with Crippen LogP contribution in [0, 0.1) is 0 Å². The zero-order valence-electron chi connectivity index (χ0n) is 12.7. The Bertz CT molecular complexity index is 430. The number of rotatable bonds is 5. The molecule has 1 fully saturated rings. The average Bonchev–Trinajstić information content (AvgIpc) is 2.46. The fourth-order valence-electron chi connectivity index (χ4n) is 2.34. The number of carbonyl (C=O) groups is 1.